The number of ether oxygens (including phenoxy) is 1. The van der Waals surface area contributed by atoms with Crippen LogP contribution >= 0.6 is 0 Å². The van der Waals surface area contributed by atoms with Crippen molar-refractivity contribution in [1.82, 2.24) is 16.1 Å². The van der Waals surface area contributed by atoms with Crippen molar-refractivity contribution in [2.75, 3.05) is 7.11 Å². The number of benzene rings is 1. The molecule has 8 heteroatoms. The lowest BCUT2D eigenvalue weighted by molar-refractivity contribution is -0.135. The molecular formula is C20H29N3O5. The average Bonchev–Trinajstić information content (AvgIpc) is 3.31. The SMILES string of the molecule is COc1ccc([C@@H]2[C@H](NC(C)=O)[C@H]2NC(=O)[C@@H](CC(=O)NO)CC(C)C)cc1. The average molecular weight is 391 g/mol. The predicted molar refractivity (Wildman–Crippen MR) is 103 cm³/mol. The van der Waals surface area contributed by atoms with Gasteiger partial charge in [-0.15, -0.1) is 0 Å². The lowest BCUT2D eigenvalue weighted by Gasteiger charge is -2.18. The van der Waals surface area contributed by atoms with Crippen LogP contribution in [0.1, 0.15) is 45.1 Å². The number of amides is 3. The summed E-state index contributed by atoms with van der Waals surface area (Å²) >= 11 is 0. The Morgan fingerprint density at radius 1 is 1.11 bits per heavy atom. The number of carbonyl (C=O) groups is 3. The predicted octanol–water partition coefficient (Wildman–Crippen LogP) is 1.34. The highest BCUT2D eigenvalue weighted by Gasteiger charge is 2.53. The molecule has 0 bridgehead atoms. The van der Waals surface area contributed by atoms with Crippen molar-refractivity contribution in [3.05, 3.63) is 29.8 Å². The van der Waals surface area contributed by atoms with Gasteiger partial charge in [0.1, 0.15) is 5.75 Å². The molecule has 1 fully saturated rings. The summed E-state index contributed by atoms with van der Waals surface area (Å²) in [5, 5.41) is 14.6. The van der Waals surface area contributed by atoms with E-state index in [1.165, 1.54) is 6.92 Å². The standard InChI is InChI=1S/C20H29N3O5/c1-11(2)9-14(10-16(25)23-27)20(26)22-19-17(18(19)21-12(3)24)13-5-7-15(28-4)8-6-13/h5-8,11,14,17-19,27H,9-10H2,1-4H3,(H,21,24)(H,22,26)(H,23,25)/t14-,17-,18+,19+/m1/s1. The van der Waals surface area contributed by atoms with Gasteiger partial charge in [-0.1, -0.05) is 26.0 Å². The maximum atomic E-state index is 12.8. The molecule has 154 valence electrons. The number of hydrogen-bond donors (Lipinski definition) is 4. The van der Waals surface area contributed by atoms with Crippen LogP contribution in [0.4, 0.5) is 0 Å². The molecule has 0 saturated heterocycles. The van der Waals surface area contributed by atoms with Crippen LogP contribution in [0.3, 0.4) is 0 Å². The molecule has 28 heavy (non-hydrogen) atoms. The van der Waals surface area contributed by atoms with E-state index in [0.717, 1.165) is 11.3 Å². The molecule has 0 heterocycles. The Labute approximate surface area is 165 Å². The number of rotatable bonds is 9. The first kappa shape index (κ1) is 21.7. The van der Waals surface area contributed by atoms with Crippen LogP contribution in [0, 0.1) is 11.8 Å². The van der Waals surface area contributed by atoms with E-state index in [4.69, 9.17) is 9.94 Å². The fraction of sp³-hybridized carbons (Fsp3) is 0.550. The van der Waals surface area contributed by atoms with Crippen molar-refractivity contribution in [2.45, 2.75) is 51.6 Å². The van der Waals surface area contributed by atoms with Crippen LogP contribution in [0.25, 0.3) is 0 Å². The van der Waals surface area contributed by atoms with Gasteiger partial charge in [0.15, 0.2) is 0 Å². The Bertz CT molecular complexity index is 704. The first-order valence-corrected chi connectivity index (χ1v) is 9.41. The first-order chi connectivity index (χ1) is 13.3. The van der Waals surface area contributed by atoms with Gasteiger partial charge in [-0.3, -0.25) is 19.6 Å². The zero-order chi connectivity index (χ0) is 20.8. The molecule has 0 spiro atoms. The largest absolute Gasteiger partial charge is 0.497 e. The van der Waals surface area contributed by atoms with E-state index < -0.39 is 11.8 Å². The molecule has 3 amide bonds. The lowest BCUT2D eigenvalue weighted by atomic mass is 9.93. The van der Waals surface area contributed by atoms with Crippen LogP contribution in [-0.2, 0) is 14.4 Å². The molecule has 1 aromatic carbocycles. The van der Waals surface area contributed by atoms with E-state index in [9.17, 15) is 14.4 Å². The highest BCUT2D eigenvalue weighted by molar-refractivity contribution is 5.86. The monoisotopic (exact) mass is 391 g/mol. The second-order valence-electron chi connectivity index (χ2n) is 7.63. The zero-order valence-corrected chi connectivity index (χ0v) is 16.7. The van der Waals surface area contributed by atoms with E-state index in [1.807, 2.05) is 38.1 Å². The van der Waals surface area contributed by atoms with E-state index >= 15 is 0 Å². The molecule has 0 radical (unpaired) electrons. The summed E-state index contributed by atoms with van der Waals surface area (Å²) in [6, 6.07) is 7.04. The number of carbonyl (C=O) groups excluding carboxylic acids is 3. The Kier molecular flexibility index (Phi) is 7.39. The van der Waals surface area contributed by atoms with Crippen LogP contribution in [-0.4, -0.2) is 42.1 Å². The lowest BCUT2D eigenvalue weighted by Crippen LogP contribution is -2.39. The van der Waals surface area contributed by atoms with Crippen LogP contribution in [0.2, 0.25) is 0 Å². The fourth-order valence-electron chi connectivity index (χ4n) is 3.55. The quantitative estimate of drug-likeness (QED) is 0.374. The fourth-order valence-corrected chi connectivity index (χ4v) is 3.55. The molecular weight excluding hydrogens is 362 g/mol. The highest BCUT2D eigenvalue weighted by atomic mass is 16.5. The summed E-state index contributed by atoms with van der Waals surface area (Å²) < 4.78 is 5.17. The summed E-state index contributed by atoms with van der Waals surface area (Å²) in [7, 11) is 1.59. The molecule has 0 unspecified atom stereocenters. The van der Waals surface area contributed by atoms with Crippen LogP contribution in [0.15, 0.2) is 24.3 Å². The minimum Gasteiger partial charge on any atom is -0.497 e. The Morgan fingerprint density at radius 3 is 2.21 bits per heavy atom. The minimum absolute atomic E-state index is 0.0508. The summed E-state index contributed by atoms with van der Waals surface area (Å²) in [4.78, 5) is 35.9. The zero-order valence-electron chi connectivity index (χ0n) is 16.7. The topological polar surface area (TPSA) is 117 Å². The van der Waals surface area contributed by atoms with Crippen LogP contribution in [0.5, 0.6) is 5.75 Å². The third-order valence-electron chi connectivity index (χ3n) is 4.88. The summed E-state index contributed by atoms with van der Waals surface area (Å²) in [5.74, 6) is -0.681. The van der Waals surface area contributed by atoms with Gasteiger partial charge in [-0.05, 0) is 30.0 Å². The molecule has 8 nitrogen and oxygen atoms in total. The molecule has 4 N–H and O–H groups in total. The number of nitrogens with one attached hydrogen (secondary N) is 3. The van der Waals surface area contributed by atoms with Crippen molar-refractivity contribution in [1.29, 1.82) is 0 Å². The van der Waals surface area contributed by atoms with Crippen molar-refractivity contribution in [3.8, 4) is 5.75 Å². The van der Waals surface area contributed by atoms with Gasteiger partial charge in [-0.25, -0.2) is 5.48 Å². The molecule has 0 aliphatic heterocycles. The van der Waals surface area contributed by atoms with Crippen LogP contribution < -0.4 is 20.9 Å². The van der Waals surface area contributed by atoms with Gasteiger partial charge in [0.05, 0.1) is 19.2 Å². The molecule has 1 saturated carbocycles. The molecule has 1 aromatic rings. The van der Waals surface area contributed by atoms with E-state index in [1.54, 1.807) is 12.6 Å². The van der Waals surface area contributed by atoms with Crippen molar-refractivity contribution in [3.63, 3.8) is 0 Å². The van der Waals surface area contributed by atoms with Crippen molar-refractivity contribution in [2.24, 2.45) is 11.8 Å². The Balaban J connectivity index is 2.11. The number of hydrogen-bond acceptors (Lipinski definition) is 5. The molecule has 0 aromatic heterocycles. The van der Waals surface area contributed by atoms with Gasteiger partial charge in [0, 0.05) is 25.2 Å². The molecule has 4 atom stereocenters. The second kappa shape index (κ2) is 9.54. The molecule has 1 aliphatic rings. The summed E-state index contributed by atoms with van der Waals surface area (Å²) in [6.07, 6.45) is 0.426. The Morgan fingerprint density at radius 2 is 1.71 bits per heavy atom. The van der Waals surface area contributed by atoms with E-state index in [0.29, 0.717) is 6.42 Å². The minimum atomic E-state index is -0.596. The summed E-state index contributed by atoms with van der Waals surface area (Å²) in [6.45, 7) is 5.37. The number of hydroxylamine groups is 1. The third-order valence-corrected chi connectivity index (χ3v) is 4.88. The van der Waals surface area contributed by atoms with E-state index in [-0.39, 0.29) is 42.2 Å². The van der Waals surface area contributed by atoms with Gasteiger partial charge < -0.3 is 15.4 Å². The Hall–Kier alpha value is -2.61. The number of methoxy groups -OCH3 is 1. The molecule has 2 rings (SSSR count). The van der Waals surface area contributed by atoms with Crippen molar-refractivity contribution < 1.29 is 24.3 Å². The maximum absolute atomic E-state index is 12.8. The maximum Gasteiger partial charge on any atom is 0.244 e. The second-order valence-corrected chi connectivity index (χ2v) is 7.63. The normalized spacial score (nSPS) is 21.6. The third kappa shape index (κ3) is 5.69. The van der Waals surface area contributed by atoms with Gasteiger partial charge in [0.25, 0.3) is 0 Å². The highest BCUT2D eigenvalue weighted by Crippen LogP contribution is 2.42. The summed E-state index contributed by atoms with van der Waals surface area (Å²) in [5.41, 5.74) is 2.57. The smallest absolute Gasteiger partial charge is 0.244 e. The molecule has 1 aliphatic carbocycles. The van der Waals surface area contributed by atoms with Crippen molar-refractivity contribution >= 4 is 17.7 Å². The van der Waals surface area contributed by atoms with Gasteiger partial charge in [-0.2, -0.15) is 0 Å². The first-order valence-electron chi connectivity index (χ1n) is 9.41. The van der Waals surface area contributed by atoms with Gasteiger partial charge >= 0.3 is 0 Å². The van der Waals surface area contributed by atoms with Gasteiger partial charge in [0.2, 0.25) is 17.7 Å². The van der Waals surface area contributed by atoms with E-state index in [2.05, 4.69) is 10.6 Å².